The van der Waals surface area contributed by atoms with Gasteiger partial charge in [-0.2, -0.15) is 4.80 Å². The van der Waals surface area contributed by atoms with Crippen molar-refractivity contribution >= 4 is 10.0 Å². The molecule has 1 saturated heterocycles. The van der Waals surface area contributed by atoms with Crippen molar-refractivity contribution < 1.29 is 13.2 Å². The molecule has 1 unspecified atom stereocenters. The number of nitrogens with zero attached hydrogens (tertiary/aromatic N) is 6. The Morgan fingerprint density at radius 1 is 1.43 bits per heavy atom. The highest BCUT2D eigenvalue weighted by Gasteiger charge is 2.25. The summed E-state index contributed by atoms with van der Waals surface area (Å²) in [6.45, 7) is 2.75. The fourth-order valence-corrected chi connectivity index (χ4v) is 3.00. The maximum absolute atomic E-state index is 11.7. The van der Waals surface area contributed by atoms with Gasteiger partial charge in [0.1, 0.15) is 6.10 Å². The highest BCUT2D eigenvalue weighted by molar-refractivity contribution is 7.89. The normalized spacial score (nSPS) is 21.0. The molecule has 0 aliphatic carbocycles. The van der Waals surface area contributed by atoms with Crippen LogP contribution in [0.3, 0.4) is 0 Å². The minimum absolute atomic E-state index is 0.158. The zero-order valence-electron chi connectivity index (χ0n) is 12.6. The van der Waals surface area contributed by atoms with Gasteiger partial charge in [0.2, 0.25) is 15.8 Å². The molecule has 1 aromatic rings. The monoisotopic (exact) mass is 318 g/mol. The van der Waals surface area contributed by atoms with Gasteiger partial charge in [0.05, 0.1) is 19.4 Å². The van der Waals surface area contributed by atoms with Gasteiger partial charge in [0.25, 0.3) is 0 Å². The second kappa shape index (κ2) is 6.77. The molecule has 9 nitrogen and oxygen atoms in total. The van der Waals surface area contributed by atoms with Crippen molar-refractivity contribution in [2.75, 3.05) is 46.1 Å². The second-order valence-corrected chi connectivity index (χ2v) is 7.55. The van der Waals surface area contributed by atoms with Crippen LogP contribution in [-0.4, -0.2) is 83.9 Å². The van der Waals surface area contributed by atoms with Gasteiger partial charge >= 0.3 is 0 Å². The molecular formula is C11H22N6O3S. The summed E-state index contributed by atoms with van der Waals surface area (Å²) in [4.78, 5) is 3.58. The molecular weight excluding hydrogens is 296 g/mol. The SMILES string of the molecule is CN(C)S(=O)(=O)CCCN1CCOC(c2nnn(C)n2)C1. The largest absolute Gasteiger partial charge is 0.367 e. The molecule has 0 amide bonds. The van der Waals surface area contributed by atoms with Crippen molar-refractivity contribution in [1.29, 1.82) is 0 Å². The fourth-order valence-electron chi connectivity index (χ4n) is 2.14. The summed E-state index contributed by atoms with van der Waals surface area (Å²) in [5, 5.41) is 11.9. The maximum Gasteiger partial charge on any atom is 0.213 e. The first kappa shape index (κ1) is 16.3. The summed E-state index contributed by atoms with van der Waals surface area (Å²) in [7, 11) is 1.70. The molecule has 2 rings (SSSR count). The molecule has 1 aromatic heterocycles. The van der Waals surface area contributed by atoms with Crippen LogP contribution in [0.4, 0.5) is 0 Å². The molecule has 1 aliphatic heterocycles. The van der Waals surface area contributed by atoms with Crippen LogP contribution in [0.15, 0.2) is 0 Å². The van der Waals surface area contributed by atoms with Crippen LogP contribution in [-0.2, 0) is 21.8 Å². The Balaban J connectivity index is 1.82. The summed E-state index contributed by atoms with van der Waals surface area (Å²) in [6, 6.07) is 0. The molecule has 0 aromatic carbocycles. The molecule has 0 bridgehead atoms. The zero-order valence-corrected chi connectivity index (χ0v) is 13.5. The number of sulfonamides is 1. The third-order valence-electron chi connectivity index (χ3n) is 3.40. The number of hydrogen-bond donors (Lipinski definition) is 0. The average molecular weight is 318 g/mol. The summed E-state index contributed by atoms with van der Waals surface area (Å²) in [6.07, 6.45) is 0.402. The van der Waals surface area contributed by atoms with Gasteiger partial charge in [-0.15, -0.1) is 10.2 Å². The van der Waals surface area contributed by atoms with Gasteiger partial charge in [0.15, 0.2) is 0 Å². The number of rotatable bonds is 6. The number of aromatic nitrogens is 4. The minimum Gasteiger partial charge on any atom is -0.367 e. The van der Waals surface area contributed by atoms with Gasteiger partial charge in [-0.25, -0.2) is 12.7 Å². The lowest BCUT2D eigenvalue weighted by molar-refractivity contribution is -0.0342. The van der Waals surface area contributed by atoms with E-state index in [4.69, 9.17) is 4.74 Å². The van der Waals surface area contributed by atoms with Gasteiger partial charge in [-0.05, 0) is 18.2 Å². The third kappa shape index (κ3) is 4.43. The van der Waals surface area contributed by atoms with Crippen LogP contribution in [0.2, 0.25) is 0 Å². The minimum atomic E-state index is -3.12. The van der Waals surface area contributed by atoms with Gasteiger partial charge < -0.3 is 4.74 Å². The number of morpholine rings is 1. The first-order valence-corrected chi connectivity index (χ1v) is 8.47. The van der Waals surface area contributed by atoms with Crippen molar-refractivity contribution in [3.8, 4) is 0 Å². The lowest BCUT2D eigenvalue weighted by atomic mass is 10.2. The summed E-state index contributed by atoms with van der Waals surface area (Å²) in [5.74, 6) is 0.730. The first-order chi connectivity index (χ1) is 9.88. The average Bonchev–Trinajstić information content (AvgIpc) is 2.85. The van der Waals surface area contributed by atoms with Crippen LogP contribution < -0.4 is 0 Å². The van der Waals surface area contributed by atoms with E-state index in [1.807, 2.05) is 0 Å². The Bertz CT molecular complexity index is 558. The molecule has 2 heterocycles. The van der Waals surface area contributed by atoms with Crippen LogP contribution in [0, 0.1) is 0 Å². The zero-order chi connectivity index (χ0) is 15.5. The molecule has 21 heavy (non-hydrogen) atoms. The van der Waals surface area contributed by atoms with E-state index in [1.54, 1.807) is 21.1 Å². The Morgan fingerprint density at radius 2 is 2.19 bits per heavy atom. The first-order valence-electron chi connectivity index (χ1n) is 6.86. The number of hydrogen-bond acceptors (Lipinski definition) is 7. The predicted molar refractivity (Wildman–Crippen MR) is 76.0 cm³/mol. The topological polar surface area (TPSA) is 93.5 Å². The molecule has 10 heteroatoms. The van der Waals surface area contributed by atoms with Crippen molar-refractivity contribution in [2.24, 2.45) is 7.05 Å². The van der Waals surface area contributed by atoms with E-state index in [0.717, 1.165) is 6.54 Å². The Morgan fingerprint density at radius 3 is 2.81 bits per heavy atom. The van der Waals surface area contributed by atoms with Gasteiger partial charge in [-0.1, -0.05) is 0 Å². The summed E-state index contributed by atoms with van der Waals surface area (Å²) in [5.41, 5.74) is 0. The van der Waals surface area contributed by atoms with Crippen molar-refractivity contribution in [1.82, 2.24) is 29.4 Å². The Labute approximate surface area is 124 Å². The molecule has 1 atom stereocenters. The predicted octanol–water partition coefficient (Wildman–Crippen LogP) is -1.14. The van der Waals surface area contributed by atoms with Crippen LogP contribution in [0.1, 0.15) is 18.3 Å². The lowest BCUT2D eigenvalue weighted by Crippen LogP contribution is -2.40. The van der Waals surface area contributed by atoms with Crippen LogP contribution in [0.25, 0.3) is 0 Å². The van der Waals surface area contributed by atoms with Crippen LogP contribution in [0.5, 0.6) is 0 Å². The summed E-state index contributed by atoms with van der Waals surface area (Å²) >= 11 is 0. The molecule has 1 aliphatic rings. The van der Waals surface area contributed by atoms with E-state index in [-0.39, 0.29) is 11.9 Å². The van der Waals surface area contributed by atoms with Crippen molar-refractivity contribution in [3.05, 3.63) is 5.82 Å². The van der Waals surface area contributed by atoms with Crippen molar-refractivity contribution in [2.45, 2.75) is 12.5 Å². The van der Waals surface area contributed by atoms with E-state index in [9.17, 15) is 8.42 Å². The quantitative estimate of drug-likeness (QED) is 0.655. The fraction of sp³-hybridized carbons (Fsp3) is 0.909. The second-order valence-electron chi connectivity index (χ2n) is 5.25. The third-order valence-corrected chi connectivity index (χ3v) is 5.31. The maximum atomic E-state index is 11.7. The van der Waals surface area contributed by atoms with E-state index in [0.29, 0.717) is 31.9 Å². The van der Waals surface area contributed by atoms with Crippen LogP contribution >= 0.6 is 0 Å². The lowest BCUT2D eigenvalue weighted by Gasteiger charge is -2.31. The Kier molecular flexibility index (Phi) is 5.25. The molecule has 0 radical (unpaired) electrons. The van der Waals surface area contributed by atoms with E-state index in [1.165, 1.54) is 9.10 Å². The van der Waals surface area contributed by atoms with E-state index in [2.05, 4.69) is 20.3 Å². The van der Waals surface area contributed by atoms with Gasteiger partial charge in [0, 0.05) is 27.2 Å². The molecule has 1 fully saturated rings. The van der Waals surface area contributed by atoms with Gasteiger partial charge in [-0.3, -0.25) is 4.90 Å². The highest BCUT2D eigenvalue weighted by atomic mass is 32.2. The smallest absolute Gasteiger partial charge is 0.213 e. The van der Waals surface area contributed by atoms with Crippen molar-refractivity contribution in [3.63, 3.8) is 0 Å². The van der Waals surface area contributed by atoms with E-state index >= 15 is 0 Å². The molecule has 0 spiro atoms. The number of aryl methyl sites for hydroxylation is 1. The molecule has 120 valence electrons. The summed E-state index contributed by atoms with van der Waals surface area (Å²) < 4.78 is 30.3. The molecule has 0 N–H and O–H groups in total. The van der Waals surface area contributed by atoms with E-state index < -0.39 is 10.0 Å². The highest BCUT2D eigenvalue weighted by Crippen LogP contribution is 2.18. The number of ether oxygens (including phenoxy) is 1. The Hall–Kier alpha value is -1.10. The number of tetrazole rings is 1. The standard InChI is InChI=1S/C11H22N6O3S/c1-15(2)21(18,19)8-4-5-17-6-7-20-10(9-17)11-12-14-16(3)13-11/h10H,4-9H2,1-3H3. The molecule has 0 saturated carbocycles.